The second-order valence-electron chi connectivity index (χ2n) is 4.09. The van der Waals surface area contributed by atoms with Crippen molar-refractivity contribution in [3.63, 3.8) is 0 Å². The smallest absolute Gasteiger partial charge is 0.303 e. The summed E-state index contributed by atoms with van der Waals surface area (Å²) < 4.78 is 0. The van der Waals surface area contributed by atoms with E-state index in [1.165, 1.54) is 0 Å². The van der Waals surface area contributed by atoms with Crippen LogP contribution >= 0.6 is 0 Å². The van der Waals surface area contributed by atoms with Crippen molar-refractivity contribution in [1.82, 2.24) is 4.90 Å². The Morgan fingerprint density at radius 3 is 2.64 bits per heavy atom. The molecule has 4 heteroatoms. The van der Waals surface area contributed by atoms with Crippen molar-refractivity contribution < 1.29 is 14.7 Å². The van der Waals surface area contributed by atoms with Crippen LogP contribution in [0.15, 0.2) is 0 Å². The van der Waals surface area contributed by atoms with Crippen molar-refractivity contribution in [2.24, 2.45) is 11.8 Å². The predicted molar refractivity (Wildman–Crippen MR) is 51.8 cm³/mol. The first-order valence-corrected chi connectivity index (χ1v) is 4.98. The number of amides is 1. The van der Waals surface area contributed by atoms with Gasteiger partial charge in [-0.2, -0.15) is 0 Å². The molecule has 0 bridgehead atoms. The molecule has 4 nitrogen and oxygen atoms in total. The maximum atomic E-state index is 11.0. The van der Waals surface area contributed by atoms with Crippen molar-refractivity contribution in [3.05, 3.63) is 0 Å². The Labute approximate surface area is 83.9 Å². The van der Waals surface area contributed by atoms with Gasteiger partial charge >= 0.3 is 5.97 Å². The molecule has 1 heterocycles. The highest BCUT2D eigenvalue weighted by Crippen LogP contribution is 2.26. The second kappa shape index (κ2) is 4.44. The summed E-state index contributed by atoms with van der Waals surface area (Å²) >= 11 is 0. The number of carboxylic acids is 1. The highest BCUT2D eigenvalue weighted by atomic mass is 16.4. The van der Waals surface area contributed by atoms with Gasteiger partial charge in [-0.05, 0) is 18.3 Å². The molecule has 2 unspecified atom stereocenters. The predicted octanol–water partition coefficient (Wildman–Crippen LogP) is 0.966. The number of hydrogen-bond acceptors (Lipinski definition) is 2. The zero-order valence-electron chi connectivity index (χ0n) is 8.69. The minimum absolute atomic E-state index is 0.0926. The van der Waals surface area contributed by atoms with E-state index in [0.717, 1.165) is 19.5 Å². The molecule has 0 spiro atoms. The maximum absolute atomic E-state index is 11.0. The lowest BCUT2D eigenvalue weighted by molar-refractivity contribution is -0.138. The standard InChI is InChI=1S/C10H17NO3/c1-7(5-10(13)14)9-3-4-11(6-9)8(2)12/h7,9H,3-6H2,1-2H3,(H,13,14). The van der Waals surface area contributed by atoms with Gasteiger partial charge in [0.1, 0.15) is 0 Å². The first kappa shape index (κ1) is 11.0. The Hall–Kier alpha value is -1.06. The highest BCUT2D eigenvalue weighted by Gasteiger charge is 2.29. The maximum Gasteiger partial charge on any atom is 0.303 e. The van der Waals surface area contributed by atoms with Crippen LogP contribution < -0.4 is 0 Å². The van der Waals surface area contributed by atoms with Crippen LogP contribution in [0.5, 0.6) is 0 Å². The fraction of sp³-hybridized carbons (Fsp3) is 0.800. The van der Waals surface area contributed by atoms with Gasteiger partial charge in [0.05, 0.1) is 0 Å². The quantitative estimate of drug-likeness (QED) is 0.736. The molecule has 1 fully saturated rings. The molecule has 80 valence electrons. The molecule has 0 aliphatic carbocycles. The van der Waals surface area contributed by atoms with Gasteiger partial charge in [-0.25, -0.2) is 0 Å². The molecule has 1 aliphatic rings. The van der Waals surface area contributed by atoms with Crippen LogP contribution in [0, 0.1) is 11.8 Å². The van der Waals surface area contributed by atoms with Gasteiger partial charge in [-0.3, -0.25) is 9.59 Å². The van der Waals surface area contributed by atoms with Crippen LogP contribution in [0.2, 0.25) is 0 Å². The first-order valence-electron chi connectivity index (χ1n) is 4.98. The third kappa shape index (κ3) is 2.72. The average molecular weight is 199 g/mol. The second-order valence-corrected chi connectivity index (χ2v) is 4.09. The Kier molecular flexibility index (Phi) is 3.49. The van der Waals surface area contributed by atoms with E-state index in [0.29, 0.717) is 5.92 Å². The molecule has 1 amide bonds. The topological polar surface area (TPSA) is 57.6 Å². The third-order valence-corrected chi connectivity index (χ3v) is 2.97. The van der Waals surface area contributed by atoms with Crippen LogP contribution in [0.25, 0.3) is 0 Å². The first-order chi connectivity index (χ1) is 6.50. The number of hydrogen-bond donors (Lipinski definition) is 1. The van der Waals surface area contributed by atoms with Gasteiger partial charge in [0.2, 0.25) is 5.91 Å². The lowest BCUT2D eigenvalue weighted by atomic mass is 9.91. The van der Waals surface area contributed by atoms with E-state index in [9.17, 15) is 9.59 Å². The van der Waals surface area contributed by atoms with Crippen molar-refractivity contribution >= 4 is 11.9 Å². The summed E-state index contributed by atoms with van der Waals surface area (Å²) in [5.74, 6) is -0.138. The number of carbonyl (C=O) groups excluding carboxylic acids is 1. The average Bonchev–Trinajstić information content (AvgIpc) is 2.50. The summed E-state index contributed by atoms with van der Waals surface area (Å²) in [4.78, 5) is 23.3. The minimum Gasteiger partial charge on any atom is -0.481 e. The summed E-state index contributed by atoms with van der Waals surface area (Å²) in [6.45, 7) is 5.01. The number of rotatable bonds is 3. The van der Waals surface area contributed by atoms with Crippen molar-refractivity contribution in [1.29, 1.82) is 0 Å². The largest absolute Gasteiger partial charge is 0.481 e. The molecule has 14 heavy (non-hydrogen) atoms. The van der Waals surface area contributed by atoms with Gasteiger partial charge in [0.15, 0.2) is 0 Å². The van der Waals surface area contributed by atoms with Crippen LogP contribution in [0.1, 0.15) is 26.7 Å². The summed E-state index contributed by atoms with van der Waals surface area (Å²) in [6, 6.07) is 0. The Bertz CT molecular complexity index is 240. The zero-order chi connectivity index (χ0) is 10.7. The molecule has 1 N–H and O–H groups in total. The van der Waals surface area contributed by atoms with Gasteiger partial charge in [-0.15, -0.1) is 0 Å². The third-order valence-electron chi connectivity index (χ3n) is 2.97. The molecule has 0 saturated carbocycles. The Balaban J connectivity index is 2.41. The van der Waals surface area contributed by atoms with E-state index in [4.69, 9.17) is 5.11 Å². The van der Waals surface area contributed by atoms with Crippen LogP contribution in [-0.2, 0) is 9.59 Å². The lowest BCUT2D eigenvalue weighted by Crippen LogP contribution is -2.27. The number of aliphatic carboxylic acids is 1. The monoisotopic (exact) mass is 199 g/mol. The van der Waals surface area contributed by atoms with Gasteiger partial charge in [-0.1, -0.05) is 6.92 Å². The van der Waals surface area contributed by atoms with Crippen molar-refractivity contribution in [2.75, 3.05) is 13.1 Å². The van der Waals surface area contributed by atoms with Gasteiger partial charge in [0.25, 0.3) is 0 Å². The lowest BCUT2D eigenvalue weighted by Gasteiger charge is -2.18. The summed E-state index contributed by atoms with van der Waals surface area (Å²) in [6.07, 6.45) is 1.14. The molecule has 1 aliphatic heterocycles. The molecular formula is C10H17NO3. The molecule has 0 aromatic carbocycles. The van der Waals surface area contributed by atoms with Gasteiger partial charge in [0, 0.05) is 26.4 Å². The number of carbonyl (C=O) groups is 2. The van der Waals surface area contributed by atoms with E-state index in [-0.39, 0.29) is 18.2 Å². The fourth-order valence-corrected chi connectivity index (χ4v) is 1.98. The highest BCUT2D eigenvalue weighted by molar-refractivity contribution is 5.73. The number of likely N-dealkylation sites (tertiary alicyclic amines) is 1. The van der Waals surface area contributed by atoms with Crippen molar-refractivity contribution in [2.45, 2.75) is 26.7 Å². The van der Waals surface area contributed by atoms with Crippen LogP contribution in [0.3, 0.4) is 0 Å². The fourth-order valence-electron chi connectivity index (χ4n) is 1.98. The van der Waals surface area contributed by atoms with E-state index in [2.05, 4.69) is 0 Å². The summed E-state index contributed by atoms with van der Waals surface area (Å²) in [5.41, 5.74) is 0. The van der Waals surface area contributed by atoms with E-state index in [1.54, 1.807) is 11.8 Å². The molecule has 0 aromatic heterocycles. The van der Waals surface area contributed by atoms with E-state index >= 15 is 0 Å². The van der Waals surface area contributed by atoms with E-state index in [1.807, 2.05) is 6.92 Å². The summed E-state index contributed by atoms with van der Waals surface area (Å²) in [7, 11) is 0. The normalized spacial score (nSPS) is 23.6. The summed E-state index contributed by atoms with van der Waals surface area (Å²) in [5, 5.41) is 8.64. The molecular weight excluding hydrogens is 182 g/mol. The number of nitrogens with zero attached hydrogens (tertiary/aromatic N) is 1. The number of carboxylic acid groups (broad SMARTS) is 1. The van der Waals surface area contributed by atoms with E-state index < -0.39 is 5.97 Å². The minimum atomic E-state index is -0.751. The molecule has 0 aromatic rings. The molecule has 2 atom stereocenters. The molecule has 1 rings (SSSR count). The van der Waals surface area contributed by atoms with Crippen LogP contribution in [-0.4, -0.2) is 35.0 Å². The van der Waals surface area contributed by atoms with Crippen molar-refractivity contribution in [3.8, 4) is 0 Å². The molecule has 0 radical (unpaired) electrons. The zero-order valence-corrected chi connectivity index (χ0v) is 8.69. The van der Waals surface area contributed by atoms with Gasteiger partial charge < -0.3 is 10.0 Å². The van der Waals surface area contributed by atoms with Crippen LogP contribution in [0.4, 0.5) is 0 Å². The Morgan fingerprint density at radius 2 is 2.21 bits per heavy atom. The SMILES string of the molecule is CC(=O)N1CCC(C(C)CC(=O)O)C1. The Morgan fingerprint density at radius 1 is 1.57 bits per heavy atom. The molecule has 1 saturated heterocycles.